The van der Waals surface area contributed by atoms with Crippen LogP contribution in [0.4, 0.5) is 0 Å². The van der Waals surface area contributed by atoms with Gasteiger partial charge in [0.25, 0.3) is 0 Å². The Labute approximate surface area is 139 Å². The molecule has 23 heavy (non-hydrogen) atoms. The first-order valence-electron chi connectivity index (χ1n) is 8.31. The Morgan fingerprint density at radius 1 is 1.13 bits per heavy atom. The first kappa shape index (κ1) is 16.0. The van der Waals surface area contributed by atoms with Gasteiger partial charge in [-0.3, -0.25) is 4.90 Å². The van der Waals surface area contributed by atoms with Crippen molar-refractivity contribution in [2.45, 2.75) is 31.8 Å². The van der Waals surface area contributed by atoms with Crippen molar-refractivity contribution in [3.63, 3.8) is 0 Å². The van der Waals surface area contributed by atoms with Crippen LogP contribution < -0.4 is 10.5 Å². The minimum Gasteiger partial charge on any atom is -0.497 e. The van der Waals surface area contributed by atoms with Gasteiger partial charge in [0, 0.05) is 25.7 Å². The average Bonchev–Trinajstić information content (AvgIpc) is 2.54. The van der Waals surface area contributed by atoms with Crippen LogP contribution in [0, 0.1) is 6.92 Å². The fourth-order valence-corrected chi connectivity index (χ4v) is 3.57. The number of benzene rings is 2. The van der Waals surface area contributed by atoms with Gasteiger partial charge in [0.2, 0.25) is 0 Å². The van der Waals surface area contributed by atoms with Crippen LogP contribution in [-0.4, -0.2) is 31.1 Å². The summed E-state index contributed by atoms with van der Waals surface area (Å²) in [4.78, 5) is 2.48. The van der Waals surface area contributed by atoms with Gasteiger partial charge >= 0.3 is 0 Å². The van der Waals surface area contributed by atoms with E-state index in [0.717, 1.165) is 31.8 Å². The molecule has 2 atom stereocenters. The Morgan fingerprint density at radius 2 is 1.96 bits per heavy atom. The zero-order valence-electron chi connectivity index (χ0n) is 14.0. The number of aryl methyl sites for hydroxylation is 1. The molecule has 1 aliphatic heterocycles. The molecule has 0 aromatic heterocycles. The molecule has 2 N–H and O–H groups in total. The second-order valence-corrected chi connectivity index (χ2v) is 6.65. The molecule has 3 nitrogen and oxygen atoms in total. The Hall–Kier alpha value is -1.84. The van der Waals surface area contributed by atoms with Gasteiger partial charge in [0.1, 0.15) is 5.75 Å². The SMILES string of the molecule is COc1cccc(C2CC(N)CN(Cc3cccc(C)c3)C2)c1. The summed E-state index contributed by atoms with van der Waals surface area (Å²) in [5.41, 5.74) is 10.3. The molecule has 0 saturated carbocycles. The largest absolute Gasteiger partial charge is 0.497 e. The number of hydrogen-bond acceptors (Lipinski definition) is 3. The van der Waals surface area contributed by atoms with Gasteiger partial charge in [-0.2, -0.15) is 0 Å². The van der Waals surface area contributed by atoms with Crippen LogP contribution in [0.25, 0.3) is 0 Å². The Bertz CT molecular complexity index is 656. The average molecular weight is 310 g/mol. The van der Waals surface area contributed by atoms with Crippen LogP contribution in [0.3, 0.4) is 0 Å². The highest BCUT2D eigenvalue weighted by atomic mass is 16.5. The van der Waals surface area contributed by atoms with Crippen molar-refractivity contribution in [2.24, 2.45) is 5.73 Å². The molecule has 0 spiro atoms. The molecule has 3 heteroatoms. The quantitative estimate of drug-likeness (QED) is 0.941. The highest BCUT2D eigenvalue weighted by molar-refractivity contribution is 5.31. The molecular weight excluding hydrogens is 284 g/mol. The molecule has 2 unspecified atom stereocenters. The maximum atomic E-state index is 6.33. The molecule has 122 valence electrons. The molecule has 1 fully saturated rings. The third-order valence-corrected chi connectivity index (χ3v) is 4.61. The van der Waals surface area contributed by atoms with Crippen LogP contribution >= 0.6 is 0 Å². The molecule has 3 rings (SSSR count). The summed E-state index contributed by atoms with van der Waals surface area (Å²) in [6.07, 6.45) is 1.04. The second-order valence-electron chi connectivity index (χ2n) is 6.65. The van der Waals surface area contributed by atoms with E-state index in [9.17, 15) is 0 Å². The number of likely N-dealkylation sites (tertiary alicyclic amines) is 1. The molecule has 0 amide bonds. The molecule has 0 radical (unpaired) electrons. The summed E-state index contributed by atoms with van der Waals surface area (Å²) < 4.78 is 5.36. The highest BCUT2D eigenvalue weighted by Crippen LogP contribution is 2.29. The molecule has 2 aromatic rings. The molecule has 1 saturated heterocycles. The van der Waals surface area contributed by atoms with Crippen molar-refractivity contribution < 1.29 is 4.74 Å². The lowest BCUT2D eigenvalue weighted by Gasteiger charge is -2.36. The third-order valence-electron chi connectivity index (χ3n) is 4.61. The minimum absolute atomic E-state index is 0.227. The first-order valence-corrected chi connectivity index (χ1v) is 8.31. The molecule has 0 bridgehead atoms. The number of nitrogens with zero attached hydrogens (tertiary/aromatic N) is 1. The van der Waals surface area contributed by atoms with Gasteiger partial charge < -0.3 is 10.5 Å². The fourth-order valence-electron chi connectivity index (χ4n) is 3.57. The number of rotatable bonds is 4. The number of hydrogen-bond donors (Lipinski definition) is 1. The maximum Gasteiger partial charge on any atom is 0.119 e. The number of piperidine rings is 1. The van der Waals surface area contributed by atoms with Crippen LogP contribution in [-0.2, 0) is 6.54 Å². The van der Waals surface area contributed by atoms with E-state index in [1.54, 1.807) is 7.11 Å². The topological polar surface area (TPSA) is 38.5 Å². The number of methoxy groups -OCH3 is 1. The van der Waals surface area contributed by atoms with Crippen LogP contribution in [0.5, 0.6) is 5.75 Å². The number of nitrogens with two attached hydrogens (primary N) is 1. The summed E-state index contributed by atoms with van der Waals surface area (Å²) in [6, 6.07) is 17.4. The lowest BCUT2D eigenvalue weighted by atomic mass is 9.88. The van der Waals surface area contributed by atoms with E-state index in [4.69, 9.17) is 10.5 Å². The van der Waals surface area contributed by atoms with E-state index in [-0.39, 0.29) is 6.04 Å². The van der Waals surface area contributed by atoms with Crippen LogP contribution in [0.1, 0.15) is 29.0 Å². The van der Waals surface area contributed by atoms with E-state index in [1.165, 1.54) is 16.7 Å². The zero-order valence-corrected chi connectivity index (χ0v) is 14.0. The van der Waals surface area contributed by atoms with Crippen molar-refractivity contribution in [3.8, 4) is 5.75 Å². The summed E-state index contributed by atoms with van der Waals surface area (Å²) in [6.45, 7) is 5.13. The summed E-state index contributed by atoms with van der Waals surface area (Å²) in [7, 11) is 1.72. The van der Waals surface area contributed by atoms with Crippen molar-refractivity contribution in [3.05, 3.63) is 65.2 Å². The van der Waals surface area contributed by atoms with Gasteiger partial charge in [0.05, 0.1) is 7.11 Å². The van der Waals surface area contributed by atoms with Gasteiger partial charge in [-0.05, 0) is 42.5 Å². The molecule has 1 aliphatic rings. The minimum atomic E-state index is 0.227. The Balaban J connectivity index is 1.73. The fraction of sp³-hybridized carbons (Fsp3) is 0.400. The second kappa shape index (κ2) is 7.16. The van der Waals surface area contributed by atoms with E-state index in [2.05, 4.69) is 54.3 Å². The van der Waals surface area contributed by atoms with Gasteiger partial charge in [0.15, 0.2) is 0 Å². The van der Waals surface area contributed by atoms with Crippen LogP contribution in [0.15, 0.2) is 48.5 Å². The lowest BCUT2D eigenvalue weighted by Crippen LogP contribution is -2.45. The van der Waals surface area contributed by atoms with Gasteiger partial charge in [-0.1, -0.05) is 42.0 Å². The smallest absolute Gasteiger partial charge is 0.119 e. The van der Waals surface area contributed by atoms with Gasteiger partial charge in [-0.25, -0.2) is 0 Å². The summed E-state index contributed by atoms with van der Waals surface area (Å²) >= 11 is 0. The molecule has 0 aliphatic carbocycles. The zero-order chi connectivity index (χ0) is 16.2. The van der Waals surface area contributed by atoms with Crippen molar-refractivity contribution in [2.75, 3.05) is 20.2 Å². The van der Waals surface area contributed by atoms with Gasteiger partial charge in [-0.15, -0.1) is 0 Å². The van der Waals surface area contributed by atoms with E-state index in [0.29, 0.717) is 5.92 Å². The van der Waals surface area contributed by atoms with E-state index >= 15 is 0 Å². The monoisotopic (exact) mass is 310 g/mol. The standard InChI is InChI=1S/C20H26N2O/c1-15-5-3-6-16(9-15)12-22-13-18(10-19(21)14-22)17-7-4-8-20(11-17)23-2/h3-9,11,18-19H,10,12-14,21H2,1-2H3. The van der Waals surface area contributed by atoms with Crippen molar-refractivity contribution in [1.29, 1.82) is 0 Å². The lowest BCUT2D eigenvalue weighted by molar-refractivity contribution is 0.181. The molecule has 2 aromatic carbocycles. The summed E-state index contributed by atoms with van der Waals surface area (Å²) in [5.74, 6) is 1.39. The third kappa shape index (κ3) is 4.12. The predicted molar refractivity (Wildman–Crippen MR) is 94.8 cm³/mol. The van der Waals surface area contributed by atoms with Crippen molar-refractivity contribution >= 4 is 0 Å². The highest BCUT2D eigenvalue weighted by Gasteiger charge is 2.26. The Kier molecular flexibility index (Phi) is 4.99. The first-order chi connectivity index (χ1) is 11.1. The van der Waals surface area contributed by atoms with Crippen molar-refractivity contribution in [1.82, 2.24) is 4.90 Å². The molecular formula is C20H26N2O. The summed E-state index contributed by atoms with van der Waals surface area (Å²) in [5, 5.41) is 0. The Morgan fingerprint density at radius 3 is 2.74 bits per heavy atom. The normalized spacial score (nSPS) is 22.0. The predicted octanol–water partition coefficient (Wildman–Crippen LogP) is 3.32. The maximum absolute atomic E-state index is 6.33. The molecule has 1 heterocycles. The van der Waals surface area contributed by atoms with Crippen LogP contribution in [0.2, 0.25) is 0 Å². The number of ether oxygens (including phenoxy) is 1. The van der Waals surface area contributed by atoms with E-state index in [1.807, 2.05) is 6.07 Å². The van der Waals surface area contributed by atoms with E-state index < -0.39 is 0 Å².